The average molecular weight is 296 g/mol. The van der Waals surface area contributed by atoms with Crippen LogP contribution in [0.25, 0.3) is 21.8 Å². The van der Waals surface area contributed by atoms with E-state index in [1.54, 1.807) is 6.20 Å². The van der Waals surface area contributed by atoms with E-state index in [1.165, 1.54) is 13.3 Å². The molecule has 2 heterocycles. The van der Waals surface area contributed by atoms with Gasteiger partial charge in [-0.15, -0.1) is 0 Å². The van der Waals surface area contributed by atoms with E-state index in [0.29, 0.717) is 10.9 Å². The molecule has 3 rings (SSSR count). The van der Waals surface area contributed by atoms with E-state index >= 15 is 0 Å². The fraction of sp³-hybridized carbons (Fsp3) is 0.235. The zero-order valence-corrected chi connectivity index (χ0v) is 12.9. The third-order valence-corrected chi connectivity index (χ3v) is 4.24. The normalized spacial score (nSPS) is 11.1. The summed E-state index contributed by atoms with van der Waals surface area (Å²) in [4.78, 5) is 31.9. The maximum atomic E-state index is 12.7. The second kappa shape index (κ2) is 4.94. The molecule has 2 aromatic heterocycles. The summed E-state index contributed by atoms with van der Waals surface area (Å²) in [6.07, 6.45) is 3.00. The van der Waals surface area contributed by atoms with Crippen LogP contribution in [0.1, 0.15) is 27.0 Å². The highest BCUT2D eigenvalue weighted by molar-refractivity contribution is 6.07. The Morgan fingerprint density at radius 2 is 1.95 bits per heavy atom. The minimum atomic E-state index is -0.645. The van der Waals surface area contributed by atoms with Gasteiger partial charge in [-0.25, -0.2) is 4.79 Å². The van der Waals surface area contributed by atoms with Crippen LogP contribution in [0.3, 0.4) is 0 Å². The van der Waals surface area contributed by atoms with E-state index < -0.39 is 5.97 Å². The van der Waals surface area contributed by atoms with Crippen LogP contribution in [0, 0.1) is 20.8 Å². The number of methoxy groups -OCH3 is 1. The van der Waals surface area contributed by atoms with Crippen molar-refractivity contribution in [1.29, 1.82) is 0 Å². The maximum Gasteiger partial charge on any atom is 0.343 e. The standard InChI is InChI=1S/C17H16N2O3/c1-8-5-11-14-13(7-19-15(11)10(3)9(8)2)18-6-12(16(14)20)17(21)22-4/h5-7H,1-4H3,(H,18,20). The molecule has 112 valence electrons. The predicted molar refractivity (Wildman–Crippen MR) is 85.4 cm³/mol. The molecule has 0 atom stereocenters. The van der Waals surface area contributed by atoms with Crippen molar-refractivity contribution in [3.05, 3.63) is 50.9 Å². The lowest BCUT2D eigenvalue weighted by Gasteiger charge is -2.11. The molecule has 22 heavy (non-hydrogen) atoms. The number of benzene rings is 1. The molecule has 0 radical (unpaired) electrons. The van der Waals surface area contributed by atoms with Gasteiger partial charge in [0.05, 0.1) is 29.7 Å². The quantitative estimate of drug-likeness (QED) is 0.553. The summed E-state index contributed by atoms with van der Waals surface area (Å²) < 4.78 is 4.67. The molecule has 0 aliphatic carbocycles. The van der Waals surface area contributed by atoms with Crippen molar-refractivity contribution in [2.24, 2.45) is 0 Å². The van der Waals surface area contributed by atoms with Crippen LogP contribution in [0.15, 0.2) is 23.3 Å². The molecule has 0 unspecified atom stereocenters. The average Bonchev–Trinajstić information content (AvgIpc) is 2.52. The SMILES string of the molecule is COC(=O)c1c[nH]c2cnc3c(C)c(C)c(C)cc3c2c1=O. The summed E-state index contributed by atoms with van der Waals surface area (Å²) in [5.41, 5.74) is 4.33. The fourth-order valence-corrected chi connectivity index (χ4v) is 2.73. The molecular formula is C17H16N2O3. The van der Waals surface area contributed by atoms with Gasteiger partial charge in [0.2, 0.25) is 5.43 Å². The number of carbonyl (C=O) groups excluding carboxylic acids is 1. The zero-order chi connectivity index (χ0) is 16.0. The first-order valence-electron chi connectivity index (χ1n) is 6.95. The number of hydrogen-bond donors (Lipinski definition) is 1. The Hall–Kier alpha value is -2.69. The molecular weight excluding hydrogens is 280 g/mol. The van der Waals surface area contributed by atoms with Gasteiger partial charge in [-0.1, -0.05) is 0 Å². The summed E-state index contributed by atoms with van der Waals surface area (Å²) in [6, 6.07) is 1.95. The fourth-order valence-electron chi connectivity index (χ4n) is 2.73. The molecule has 1 aromatic carbocycles. The van der Waals surface area contributed by atoms with Crippen LogP contribution >= 0.6 is 0 Å². The molecule has 3 aromatic rings. The van der Waals surface area contributed by atoms with Crippen molar-refractivity contribution in [2.45, 2.75) is 20.8 Å². The largest absolute Gasteiger partial charge is 0.465 e. The smallest absolute Gasteiger partial charge is 0.343 e. The number of esters is 1. The Bertz CT molecular complexity index is 987. The Labute approximate surface area is 126 Å². The van der Waals surface area contributed by atoms with Gasteiger partial charge in [-0.3, -0.25) is 9.78 Å². The zero-order valence-electron chi connectivity index (χ0n) is 12.9. The molecule has 0 fully saturated rings. The van der Waals surface area contributed by atoms with Crippen molar-refractivity contribution in [3.8, 4) is 0 Å². The summed E-state index contributed by atoms with van der Waals surface area (Å²) >= 11 is 0. The first-order valence-corrected chi connectivity index (χ1v) is 6.95. The molecule has 5 heteroatoms. The number of pyridine rings is 2. The lowest BCUT2D eigenvalue weighted by atomic mass is 9.97. The lowest BCUT2D eigenvalue weighted by Crippen LogP contribution is -2.17. The van der Waals surface area contributed by atoms with E-state index in [4.69, 9.17) is 0 Å². The topological polar surface area (TPSA) is 72.1 Å². The number of aromatic amines is 1. The van der Waals surface area contributed by atoms with E-state index in [0.717, 1.165) is 27.6 Å². The van der Waals surface area contributed by atoms with Crippen LogP contribution in [-0.2, 0) is 4.74 Å². The number of nitrogens with one attached hydrogen (secondary N) is 1. The van der Waals surface area contributed by atoms with E-state index in [9.17, 15) is 9.59 Å². The number of rotatable bonds is 1. The van der Waals surface area contributed by atoms with E-state index in [1.807, 2.05) is 26.8 Å². The van der Waals surface area contributed by atoms with Crippen molar-refractivity contribution < 1.29 is 9.53 Å². The van der Waals surface area contributed by atoms with Crippen LogP contribution < -0.4 is 5.43 Å². The summed E-state index contributed by atoms with van der Waals surface area (Å²) in [6.45, 7) is 6.02. The molecule has 0 saturated heterocycles. The minimum Gasteiger partial charge on any atom is -0.465 e. The maximum absolute atomic E-state index is 12.7. The van der Waals surface area contributed by atoms with E-state index in [-0.39, 0.29) is 11.0 Å². The highest BCUT2D eigenvalue weighted by Crippen LogP contribution is 2.27. The Kier molecular flexibility index (Phi) is 3.20. The first-order chi connectivity index (χ1) is 10.5. The molecule has 0 aliphatic heterocycles. The molecule has 0 saturated carbocycles. The Balaban J connectivity index is 2.55. The van der Waals surface area contributed by atoms with Crippen molar-refractivity contribution in [2.75, 3.05) is 7.11 Å². The van der Waals surface area contributed by atoms with Crippen LogP contribution in [0.2, 0.25) is 0 Å². The molecule has 0 aliphatic rings. The third-order valence-electron chi connectivity index (χ3n) is 4.24. The number of H-pyrrole nitrogens is 1. The van der Waals surface area contributed by atoms with Gasteiger partial charge in [0, 0.05) is 11.6 Å². The number of fused-ring (bicyclic) bond motifs is 3. The van der Waals surface area contributed by atoms with Gasteiger partial charge in [0.25, 0.3) is 0 Å². The minimum absolute atomic E-state index is 0.00150. The van der Waals surface area contributed by atoms with Crippen LogP contribution in [0.5, 0.6) is 0 Å². The Morgan fingerprint density at radius 1 is 1.23 bits per heavy atom. The van der Waals surface area contributed by atoms with Gasteiger partial charge in [0.1, 0.15) is 5.56 Å². The molecule has 0 spiro atoms. The predicted octanol–water partition coefficient (Wildman–Crippen LogP) is 2.79. The lowest BCUT2D eigenvalue weighted by molar-refractivity contribution is 0.0599. The summed E-state index contributed by atoms with van der Waals surface area (Å²) in [5, 5.41) is 1.23. The van der Waals surface area contributed by atoms with Gasteiger partial charge in [-0.05, 0) is 43.5 Å². The molecule has 0 amide bonds. The number of hydrogen-bond acceptors (Lipinski definition) is 4. The number of nitrogens with zero attached hydrogens (tertiary/aromatic N) is 1. The van der Waals surface area contributed by atoms with Gasteiger partial charge in [0.15, 0.2) is 0 Å². The highest BCUT2D eigenvalue weighted by atomic mass is 16.5. The Morgan fingerprint density at radius 3 is 2.64 bits per heavy atom. The van der Waals surface area contributed by atoms with E-state index in [2.05, 4.69) is 14.7 Å². The summed E-state index contributed by atoms with van der Waals surface area (Å²) in [5.74, 6) is -0.645. The number of aryl methyl sites for hydroxylation is 2. The van der Waals surface area contributed by atoms with Crippen molar-refractivity contribution >= 4 is 27.8 Å². The van der Waals surface area contributed by atoms with Crippen molar-refractivity contribution in [1.82, 2.24) is 9.97 Å². The monoisotopic (exact) mass is 296 g/mol. The van der Waals surface area contributed by atoms with Gasteiger partial charge < -0.3 is 9.72 Å². The number of carbonyl (C=O) groups is 1. The highest BCUT2D eigenvalue weighted by Gasteiger charge is 2.17. The second-order valence-electron chi connectivity index (χ2n) is 5.41. The number of aromatic nitrogens is 2. The van der Waals surface area contributed by atoms with Crippen molar-refractivity contribution in [3.63, 3.8) is 0 Å². The second-order valence-corrected chi connectivity index (χ2v) is 5.41. The first kappa shape index (κ1) is 14.3. The summed E-state index contributed by atoms with van der Waals surface area (Å²) in [7, 11) is 1.26. The van der Waals surface area contributed by atoms with Gasteiger partial charge in [-0.2, -0.15) is 0 Å². The van der Waals surface area contributed by atoms with Crippen LogP contribution in [-0.4, -0.2) is 23.0 Å². The molecule has 5 nitrogen and oxygen atoms in total. The molecule has 1 N–H and O–H groups in total. The van der Waals surface area contributed by atoms with Gasteiger partial charge >= 0.3 is 5.97 Å². The molecule has 0 bridgehead atoms. The third kappa shape index (κ3) is 1.89. The number of ether oxygens (including phenoxy) is 1. The van der Waals surface area contributed by atoms with Crippen LogP contribution in [0.4, 0.5) is 0 Å².